The Hall–Kier alpha value is -1.09. The highest BCUT2D eigenvalue weighted by molar-refractivity contribution is 14.0. The molecule has 0 unspecified atom stereocenters. The summed E-state index contributed by atoms with van der Waals surface area (Å²) in [6.07, 6.45) is 1.66. The van der Waals surface area contributed by atoms with Crippen LogP contribution in [0.3, 0.4) is 0 Å². The zero-order chi connectivity index (χ0) is 12.8. The summed E-state index contributed by atoms with van der Waals surface area (Å²) in [4.78, 5) is 9.58. The number of thiazole rings is 1. The zero-order valence-corrected chi connectivity index (χ0v) is 14.0. The molecule has 0 aliphatic carbocycles. The van der Waals surface area contributed by atoms with Crippen LogP contribution in [-0.4, -0.2) is 18.0 Å². The molecule has 0 atom stereocenters. The lowest BCUT2D eigenvalue weighted by atomic mass is 10.4. The van der Waals surface area contributed by atoms with Gasteiger partial charge in [0.1, 0.15) is 5.76 Å². The van der Waals surface area contributed by atoms with Gasteiger partial charge in [0.05, 0.1) is 30.6 Å². The van der Waals surface area contributed by atoms with Crippen molar-refractivity contribution in [3.63, 3.8) is 0 Å². The Balaban J connectivity index is 0.00000180. The molecular formula is C12H17IN4OS. The van der Waals surface area contributed by atoms with Crippen LogP contribution in [0.5, 0.6) is 0 Å². The normalized spacial score (nSPS) is 10.9. The van der Waals surface area contributed by atoms with Crippen LogP contribution in [-0.2, 0) is 13.1 Å². The number of aromatic nitrogens is 1. The van der Waals surface area contributed by atoms with E-state index in [0.717, 1.165) is 24.0 Å². The van der Waals surface area contributed by atoms with Crippen molar-refractivity contribution in [2.75, 3.05) is 7.05 Å². The Morgan fingerprint density at radius 3 is 2.79 bits per heavy atom. The molecule has 0 saturated heterocycles. The van der Waals surface area contributed by atoms with Gasteiger partial charge in [0.2, 0.25) is 0 Å². The summed E-state index contributed by atoms with van der Waals surface area (Å²) in [5.41, 5.74) is 2.92. The second-order valence-electron chi connectivity index (χ2n) is 3.72. The van der Waals surface area contributed by atoms with E-state index < -0.39 is 0 Å². The third-order valence-electron chi connectivity index (χ3n) is 2.50. The second-order valence-corrected chi connectivity index (χ2v) is 4.66. The zero-order valence-electron chi connectivity index (χ0n) is 10.8. The fourth-order valence-electron chi connectivity index (χ4n) is 1.46. The van der Waals surface area contributed by atoms with Crippen LogP contribution in [0.2, 0.25) is 0 Å². The summed E-state index contributed by atoms with van der Waals surface area (Å²) in [5, 5.41) is 6.43. The van der Waals surface area contributed by atoms with Gasteiger partial charge in [-0.1, -0.05) is 0 Å². The highest BCUT2D eigenvalue weighted by atomic mass is 127. The molecule has 0 aromatic carbocycles. The van der Waals surface area contributed by atoms with Gasteiger partial charge in [0.15, 0.2) is 5.96 Å². The fourth-order valence-corrected chi connectivity index (χ4v) is 2.18. The number of hydrogen-bond acceptors (Lipinski definition) is 4. The Kier molecular flexibility index (Phi) is 6.85. The summed E-state index contributed by atoms with van der Waals surface area (Å²) in [6.45, 7) is 3.36. The first kappa shape index (κ1) is 16.0. The Morgan fingerprint density at radius 2 is 2.21 bits per heavy atom. The highest BCUT2D eigenvalue weighted by Gasteiger charge is 2.03. The summed E-state index contributed by atoms with van der Waals surface area (Å²) in [6, 6.07) is 3.79. The van der Waals surface area contributed by atoms with Gasteiger partial charge in [-0.05, 0) is 19.1 Å². The molecule has 2 aromatic heterocycles. The monoisotopic (exact) mass is 392 g/mol. The third kappa shape index (κ3) is 4.83. The first-order chi connectivity index (χ1) is 8.79. The second kappa shape index (κ2) is 8.16. The average molecular weight is 392 g/mol. The van der Waals surface area contributed by atoms with Gasteiger partial charge in [-0.3, -0.25) is 4.99 Å². The molecule has 5 nitrogen and oxygen atoms in total. The van der Waals surface area contributed by atoms with Crippen molar-refractivity contribution in [3.05, 3.63) is 40.2 Å². The van der Waals surface area contributed by atoms with Crippen LogP contribution in [0.15, 0.2) is 33.3 Å². The van der Waals surface area contributed by atoms with Gasteiger partial charge in [-0.15, -0.1) is 35.3 Å². The number of rotatable bonds is 4. The minimum Gasteiger partial charge on any atom is -0.467 e. The van der Waals surface area contributed by atoms with Crippen LogP contribution >= 0.6 is 35.3 Å². The minimum absolute atomic E-state index is 0. The molecule has 0 bridgehead atoms. The van der Waals surface area contributed by atoms with Crippen molar-refractivity contribution in [3.8, 4) is 0 Å². The summed E-state index contributed by atoms with van der Waals surface area (Å²) in [5.74, 6) is 1.63. The predicted octanol–water partition coefficient (Wildman–Crippen LogP) is 2.53. The molecule has 0 radical (unpaired) electrons. The van der Waals surface area contributed by atoms with Crippen molar-refractivity contribution in [2.45, 2.75) is 20.0 Å². The maximum absolute atomic E-state index is 5.24. The van der Waals surface area contributed by atoms with Crippen LogP contribution < -0.4 is 10.6 Å². The molecule has 0 saturated carbocycles. The number of nitrogens with one attached hydrogen (secondary N) is 2. The van der Waals surface area contributed by atoms with E-state index in [1.54, 1.807) is 24.6 Å². The first-order valence-corrected chi connectivity index (χ1v) is 6.53. The lowest BCUT2D eigenvalue weighted by molar-refractivity contribution is 0.501. The molecule has 0 fully saturated rings. The van der Waals surface area contributed by atoms with Gasteiger partial charge in [-0.25, -0.2) is 4.98 Å². The van der Waals surface area contributed by atoms with Crippen LogP contribution in [0, 0.1) is 6.92 Å². The molecule has 7 heteroatoms. The molecule has 2 N–H and O–H groups in total. The van der Waals surface area contributed by atoms with Gasteiger partial charge < -0.3 is 15.1 Å². The van der Waals surface area contributed by atoms with Crippen molar-refractivity contribution in [1.82, 2.24) is 15.6 Å². The lowest BCUT2D eigenvalue weighted by Crippen LogP contribution is -2.36. The Labute approximate surface area is 133 Å². The first-order valence-electron chi connectivity index (χ1n) is 5.65. The van der Waals surface area contributed by atoms with E-state index in [4.69, 9.17) is 4.42 Å². The van der Waals surface area contributed by atoms with E-state index >= 15 is 0 Å². The summed E-state index contributed by atoms with van der Waals surface area (Å²) in [7, 11) is 1.75. The van der Waals surface area contributed by atoms with Crippen LogP contribution in [0.4, 0.5) is 0 Å². The largest absolute Gasteiger partial charge is 0.467 e. The van der Waals surface area contributed by atoms with E-state index in [0.29, 0.717) is 6.54 Å². The number of hydrogen-bond donors (Lipinski definition) is 2. The van der Waals surface area contributed by atoms with Crippen molar-refractivity contribution >= 4 is 41.3 Å². The SMILES string of the molecule is CN=C(NCc1ccco1)NCc1scnc1C.I. The van der Waals surface area contributed by atoms with E-state index in [9.17, 15) is 0 Å². The maximum atomic E-state index is 5.24. The van der Waals surface area contributed by atoms with Gasteiger partial charge in [0, 0.05) is 11.9 Å². The topological polar surface area (TPSA) is 62.5 Å². The molecule has 19 heavy (non-hydrogen) atoms. The highest BCUT2D eigenvalue weighted by Crippen LogP contribution is 2.10. The number of aliphatic imine (C=N–C) groups is 1. The van der Waals surface area contributed by atoms with E-state index in [1.807, 2.05) is 24.6 Å². The quantitative estimate of drug-likeness (QED) is 0.477. The summed E-state index contributed by atoms with van der Waals surface area (Å²) < 4.78 is 5.24. The molecule has 0 spiro atoms. The van der Waals surface area contributed by atoms with Crippen molar-refractivity contribution in [1.29, 1.82) is 0 Å². The minimum atomic E-state index is 0. The van der Waals surface area contributed by atoms with E-state index in [1.165, 1.54) is 4.88 Å². The number of furan rings is 1. The molecule has 104 valence electrons. The lowest BCUT2D eigenvalue weighted by Gasteiger charge is -2.10. The van der Waals surface area contributed by atoms with Crippen LogP contribution in [0.1, 0.15) is 16.3 Å². The Morgan fingerprint density at radius 1 is 1.42 bits per heavy atom. The van der Waals surface area contributed by atoms with Gasteiger partial charge >= 0.3 is 0 Å². The van der Waals surface area contributed by atoms with Crippen LogP contribution in [0.25, 0.3) is 0 Å². The fraction of sp³-hybridized carbons (Fsp3) is 0.333. The molecular weight excluding hydrogens is 375 g/mol. The van der Waals surface area contributed by atoms with Gasteiger partial charge in [0.25, 0.3) is 0 Å². The molecule has 2 rings (SSSR count). The number of nitrogens with zero attached hydrogens (tertiary/aromatic N) is 2. The average Bonchev–Trinajstić information content (AvgIpc) is 3.01. The third-order valence-corrected chi connectivity index (χ3v) is 3.43. The van der Waals surface area contributed by atoms with Gasteiger partial charge in [-0.2, -0.15) is 0 Å². The summed E-state index contributed by atoms with van der Waals surface area (Å²) >= 11 is 1.64. The molecule has 2 heterocycles. The standard InChI is InChI=1S/C12H16N4OS.HI/c1-9-11(18-8-16-9)7-15-12(13-2)14-6-10-4-3-5-17-10;/h3-5,8H,6-7H2,1-2H3,(H2,13,14,15);1H. The smallest absolute Gasteiger partial charge is 0.191 e. The number of aryl methyl sites for hydroxylation is 1. The predicted molar refractivity (Wildman–Crippen MR) is 88.0 cm³/mol. The van der Waals surface area contributed by atoms with Crippen molar-refractivity contribution in [2.24, 2.45) is 4.99 Å². The molecule has 0 aliphatic heterocycles. The molecule has 0 aliphatic rings. The molecule has 2 aromatic rings. The van der Waals surface area contributed by atoms with E-state index in [-0.39, 0.29) is 24.0 Å². The van der Waals surface area contributed by atoms with E-state index in [2.05, 4.69) is 20.6 Å². The van der Waals surface area contributed by atoms with Crippen molar-refractivity contribution < 1.29 is 4.42 Å². The Bertz CT molecular complexity index is 510. The maximum Gasteiger partial charge on any atom is 0.191 e. The molecule has 0 amide bonds. The number of guanidine groups is 1. The number of halogens is 1.